The zero-order valence-electron chi connectivity index (χ0n) is 59.1. The number of aldehydes is 2. The second-order valence-corrected chi connectivity index (χ2v) is 44.8. The van der Waals surface area contributed by atoms with Gasteiger partial charge in [0.25, 0.3) is 0 Å². The molecule has 0 amide bonds. The van der Waals surface area contributed by atoms with E-state index in [1.165, 1.54) is 96.3 Å². The molecule has 14 rings (SSSR count). The third-order valence-electron chi connectivity index (χ3n) is 16.7. The van der Waals surface area contributed by atoms with Crippen molar-refractivity contribution < 1.29 is 41.2 Å². The number of anilines is 1. The average Bonchev–Trinajstić information content (AvgIpc) is 0.723. The molecule has 550 valence electrons. The number of benzene rings is 14. The zero-order chi connectivity index (χ0) is 75.3. The average molecular weight is 1680 g/mol. The van der Waals surface area contributed by atoms with Crippen molar-refractivity contribution in [3.8, 4) is 0 Å². The number of halogens is 8. The van der Waals surface area contributed by atoms with Crippen LogP contribution in [0.3, 0.4) is 0 Å². The molecular formula is C92H88Br3F5NO3P3. The third kappa shape index (κ3) is 25.1. The largest absolute Gasteiger partial charge is 1.00 e. The van der Waals surface area contributed by atoms with Gasteiger partial charge in [0.1, 0.15) is 59.0 Å². The summed E-state index contributed by atoms with van der Waals surface area (Å²) in [5.41, 5.74) is 5.34. The molecule has 0 heterocycles. The van der Waals surface area contributed by atoms with Crippen LogP contribution in [-0.4, -0.2) is 31.3 Å². The van der Waals surface area contributed by atoms with E-state index in [2.05, 4.69) is 332 Å². The van der Waals surface area contributed by atoms with E-state index in [1.807, 2.05) is 43.4 Å². The van der Waals surface area contributed by atoms with Gasteiger partial charge in [-0.05, 0) is 169 Å². The minimum absolute atomic E-state index is 0. The van der Waals surface area contributed by atoms with Crippen molar-refractivity contribution >= 4 is 132 Å². The first kappa shape index (κ1) is 84.8. The van der Waals surface area contributed by atoms with Crippen molar-refractivity contribution in [1.29, 1.82) is 0 Å². The molecule has 0 fully saturated rings. The van der Waals surface area contributed by atoms with Crippen LogP contribution >= 0.6 is 66.1 Å². The van der Waals surface area contributed by atoms with E-state index in [-0.39, 0.29) is 38.9 Å². The number of carbonyl (C=O) groups excluding carboxylic acids is 2. The molecule has 1 N–H and O–H groups in total. The minimum Gasteiger partial charge on any atom is -1.00 e. The molecule has 0 aliphatic heterocycles. The Labute approximate surface area is 657 Å². The number of aliphatic hydroxyl groups excluding tert-OH is 1. The molecule has 0 aromatic heterocycles. The van der Waals surface area contributed by atoms with Gasteiger partial charge in [-0.1, -0.05) is 198 Å². The van der Waals surface area contributed by atoms with Gasteiger partial charge in [0.05, 0.1) is 12.8 Å². The summed E-state index contributed by atoms with van der Waals surface area (Å²) >= 11 is 11.6. The van der Waals surface area contributed by atoms with Crippen LogP contribution < -0.4 is 57.3 Å². The van der Waals surface area contributed by atoms with Crippen molar-refractivity contribution in [2.45, 2.75) is 25.0 Å². The molecule has 4 nitrogen and oxygen atoms in total. The van der Waals surface area contributed by atoms with Crippen molar-refractivity contribution in [1.82, 2.24) is 0 Å². The van der Waals surface area contributed by atoms with Crippen LogP contribution in [0.25, 0.3) is 0 Å². The number of nitrogens with zero attached hydrogens (tertiary/aromatic N) is 1. The van der Waals surface area contributed by atoms with Crippen molar-refractivity contribution in [2.24, 2.45) is 0 Å². The first-order valence-electron chi connectivity index (χ1n) is 34.1. The van der Waals surface area contributed by atoms with Crippen LogP contribution in [0, 0.1) is 23.3 Å². The zero-order valence-corrected chi connectivity index (χ0v) is 66.5. The van der Waals surface area contributed by atoms with E-state index in [9.17, 15) is 27.2 Å². The van der Waals surface area contributed by atoms with Gasteiger partial charge < -0.3 is 14.7 Å². The number of aliphatic hydroxyl groups is 1. The Hall–Kier alpha value is -9.44. The summed E-state index contributed by atoms with van der Waals surface area (Å²) in [7, 11) is -0.335. The number of hydrogen-bond acceptors (Lipinski definition) is 4. The van der Waals surface area contributed by atoms with E-state index in [0.717, 1.165) is 52.3 Å². The Kier molecular flexibility index (Phi) is 35.4. The molecular weight excluding hydrogens is 1590 g/mol. The molecule has 0 atom stereocenters. The van der Waals surface area contributed by atoms with Crippen molar-refractivity contribution in [3.05, 3.63) is 445 Å². The molecule has 0 unspecified atom stereocenters. The maximum Gasteiger partial charge on any atom is 0.150 e. The normalized spacial score (nSPS) is 10.8. The molecule has 107 heavy (non-hydrogen) atoms. The standard InChI is InChI=1S/C25H21FP.C18H15Br2P.C18H15P.C10H13NO.C7H6BrF.C7H7FO.C7H5FO.FH.3H2/c26-22-18-16-21(17-19-22)20-27(23-10-4-1-5-11-23,24-12-6-2-7-13-24)25-14-8-3-9-15-25;19-21(20,16-10-4-1-5-11-16,17-12-6-2-7-13-17)18-14-8-3-9-15-18;1-4-10-16(11-5-1)19(17-12-6-2-7-13-17)18-14-8-3-9-15-18;1-3-11(2)10-6-4-9(8-12)5-7-10;8-5-6-1-3-7(9)4-2-6;2*8-7-3-1-6(5-9)2-4-7;;;;/h1-19H,20H2;1-15H;1-15H;4-8H,3H2,1-2H3;1-4H,5H2;1-4,9H,5H2;1-5H;4*1H/q+1;;;;;;;;;;/p-1/i26-1;;;;9-1;2*8-1;1-1;2*1+1;. The van der Waals surface area contributed by atoms with Gasteiger partial charge >= 0.3 is 142 Å². The predicted molar refractivity (Wildman–Crippen MR) is 464 cm³/mol. The maximum absolute atomic E-state index is 13.5. The van der Waals surface area contributed by atoms with Crippen LogP contribution in [0.4, 0.5) is 23.2 Å². The predicted octanol–water partition coefficient (Wildman–Crippen LogP) is 19.3. The molecule has 0 saturated heterocycles. The van der Waals surface area contributed by atoms with Gasteiger partial charge in [-0.3, -0.25) is 9.59 Å². The molecule has 15 heteroatoms. The maximum atomic E-state index is 13.5. The number of rotatable bonds is 17. The summed E-state index contributed by atoms with van der Waals surface area (Å²) < 4.78 is 47.2. The molecule has 14 aromatic carbocycles. The van der Waals surface area contributed by atoms with Crippen LogP contribution in [0.5, 0.6) is 0 Å². The second-order valence-electron chi connectivity index (χ2n) is 23.8. The van der Waals surface area contributed by atoms with Crippen molar-refractivity contribution in [3.63, 3.8) is 0 Å². The van der Waals surface area contributed by atoms with E-state index in [1.54, 1.807) is 36.4 Å². The number of hydrogen-bond donors (Lipinski definition) is 1. The number of alkyl halides is 1. The SMILES string of the molecule is BrP(Br)(c1ccccc1)(c1ccccc1)c1ccccc1.CCN(C)c1ccc(C=O)cc1.O=Cc1ccc([18F])cc1.OCc1ccc([18F])cc1.[18F-].[18F]c1ccc(CBr)cc1.[18F]c1ccc(C[P+](c2ccccc2)(c2ccccc2)c2ccccc2)cc1.[2HH].[2HH].[HH].c1ccc(P(c2ccccc2)c2ccccc2)cc1. The summed E-state index contributed by atoms with van der Waals surface area (Å²) in [6, 6.07) is 128. The smallest absolute Gasteiger partial charge is 0.150 e. The Bertz CT molecular complexity index is 4460. The van der Waals surface area contributed by atoms with Crippen LogP contribution in [0.15, 0.2) is 394 Å². The second kappa shape index (κ2) is 44.6. The Balaban J connectivity index is 0.000000280. The summed E-state index contributed by atoms with van der Waals surface area (Å²) in [4.78, 5) is 22.5. The van der Waals surface area contributed by atoms with Gasteiger partial charge in [0, 0.05) is 40.0 Å². The van der Waals surface area contributed by atoms with E-state index >= 15 is 0 Å². The van der Waals surface area contributed by atoms with Crippen LogP contribution in [-0.2, 0) is 18.1 Å². The topological polar surface area (TPSA) is 57.6 Å². The van der Waals surface area contributed by atoms with E-state index < -0.39 is 19.2 Å². The fourth-order valence-corrected chi connectivity index (χ4v) is 25.2. The van der Waals surface area contributed by atoms with Gasteiger partial charge in [-0.25, -0.2) is 17.6 Å². The van der Waals surface area contributed by atoms with Gasteiger partial charge in [-0.15, -0.1) is 0 Å². The molecule has 0 saturated carbocycles. The molecule has 14 aromatic rings. The Morgan fingerprint density at radius 3 is 0.907 bits per heavy atom. The monoisotopic (exact) mass is 1680 g/mol. The van der Waals surface area contributed by atoms with Gasteiger partial charge in [0.15, 0.2) is 0 Å². The third-order valence-corrected chi connectivity index (χ3v) is 35.2. The van der Waals surface area contributed by atoms with E-state index in [0.29, 0.717) is 11.8 Å². The fourth-order valence-electron chi connectivity index (χ4n) is 11.0. The Morgan fingerprint density at radius 1 is 0.383 bits per heavy atom. The van der Waals surface area contributed by atoms with Crippen LogP contribution in [0.1, 0.15) is 48.6 Å². The van der Waals surface area contributed by atoms with Crippen LogP contribution in [0.2, 0.25) is 0 Å². The molecule has 0 spiro atoms. The Morgan fingerprint density at radius 2 is 0.636 bits per heavy atom. The fraction of sp³-hybridized carbons (Fsp3) is 0.0652. The number of carbonyl (C=O) groups is 2. The minimum atomic E-state index is -2.75. The molecule has 0 aliphatic carbocycles. The first-order chi connectivity index (χ1) is 51.6. The van der Waals surface area contributed by atoms with Crippen molar-refractivity contribution in [2.75, 3.05) is 18.5 Å². The van der Waals surface area contributed by atoms with E-state index in [4.69, 9.17) is 5.11 Å². The molecule has 0 bridgehead atoms. The van der Waals surface area contributed by atoms with Gasteiger partial charge in [0.2, 0.25) is 0 Å². The summed E-state index contributed by atoms with van der Waals surface area (Å²) in [6.07, 6.45) is 2.40. The summed E-state index contributed by atoms with van der Waals surface area (Å²) in [5.74, 6) is -0.964. The quantitative estimate of drug-likeness (QED) is 0.0427. The molecule has 0 radical (unpaired) electrons. The van der Waals surface area contributed by atoms with Gasteiger partial charge in [-0.2, -0.15) is 0 Å². The molecule has 0 aliphatic rings. The first-order valence-corrected chi connectivity index (χ1v) is 44.8. The summed E-state index contributed by atoms with van der Waals surface area (Å²) in [6.45, 7) is 3.04. The summed E-state index contributed by atoms with van der Waals surface area (Å²) in [5, 5.41) is 21.3.